The van der Waals surface area contributed by atoms with Crippen molar-refractivity contribution in [3.05, 3.63) is 30.3 Å². The first-order chi connectivity index (χ1) is 10.5. The predicted octanol–water partition coefficient (Wildman–Crippen LogP) is 1.45. The van der Waals surface area contributed by atoms with Gasteiger partial charge in [0.25, 0.3) is 0 Å². The van der Waals surface area contributed by atoms with Gasteiger partial charge in [-0.05, 0) is 45.4 Å². The van der Waals surface area contributed by atoms with Crippen molar-refractivity contribution < 1.29 is 9.59 Å². The standard InChI is InChI=1S/C16H24N4O2/c1-16(2,14(21)18-13-9-6-10-17-11-13)20-15(22)19-12-7-4-3-5-8-12/h3-5,7-8,13,17H,6,9-11H2,1-2H3,(H,18,21)(H2,19,20,22)/t13-/m0/s1. The number of carbonyl (C=O) groups is 2. The fourth-order valence-electron chi connectivity index (χ4n) is 2.37. The predicted molar refractivity (Wildman–Crippen MR) is 86.7 cm³/mol. The van der Waals surface area contributed by atoms with Crippen LogP contribution in [0, 0.1) is 0 Å². The summed E-state index contributed by atoms with van der Waals surface area (Å²) in [5.74, 6) is -0.176. The number of benzene rings is 1. The summed E-state index contributed by atoms with van der Waals surface area (Å²) < 4.78 is 0. The number of anilines is 1. The summed E-state index contributed by atoms with van der Waals surface area (Å²) in [7, 11) is 0. The largest absolute Gasteiger partial charge is 0.350 e. The van der Waals surface area contributed by atoms with Gasteiger partial charge in [-0.2, -0.15) is 0 Å². The van der Waals surface area contributed by atoms with Crippen LogP contribution in [0.5, 0.6) is 0 Å². The normalized spacial score (nSPS) is 18.4. The van der Waals surface area contributed by atoms with Gasteiger partial charge in [-0.3, -0.25) is 4.79 Å². The smallest absolute Gasteiger partial charge is 0.320 e. The van der Waals surface area contributed by atoms with E-state index < -0.39 is 11.6 Å². The molecule has 6 heteroatoms. The van der Waals surface area contributed by atoms with E-state index >= 15 is 0 Å². The molecule has 0 aromatic heterocycles. The second-order valence-electron chi connectivity index (χ2n) is 6.09. The summed E-state index contributed by atoms with van der Waals surface area (Å²) in [4.78, 5) is 24.3. The van der Waals surface area contributed by atoms with Crippen LogP contribution in [0.1, 0.15) is 26.7 Å². The van der Waals surface area contributed by atoms with E-state index in [-0.39, 0.29) is 11.9 Å². The van der Waals surface area contributed by atoms with E-state index in [4.69, 9.17) is 0 Å². The number of amides is 3. The Kier molecular flexibility index (Phi) is 5.38. The first-order valence-corrected chi connectivity index (χ1v) is 7.63. The first-order valence-electron chi connectivity index (χ1n) is 7.63. The van der Waals surface area contributed by atoms with Gasteiger partial charge in [-0.15, -0.1) is 0 Å². The highest BCUT2D eigenvalue weighted by Crippen LogP contribution is 2.09. The monoisotopic (exact) mass is 304 g/mol. The van der Waals surface area contributed by atoms with Crippen molar-refractivity contribution >= 4 is 17.6 Å². The van der Waals surface area contributed by atoms with Crippen LogP contribution in [0.2, 0.25) is 0 Å². The van der Waals surface area contributed by atoms with Gasteiger partial charge in [0.05, 0.1) is 0 Å². The molecule has 4 N–H and O–H groups in total. The molecule has 0 aliphatic carbocycles. The van der Waals surface area contributed by atoms with Crippen molar-refractivity contribution in [3.63, 3.8) is 0 Å². The zero-order valence-corrected chi connectivity index (χ0v) is 13.1. The maximum Gasteiger partial charge on any atom is 0.320 e. The number of hydrogen-bond acceptors (Lipinski definition) is 3. The Morgan fingerprint density at radius 2 is 1.95 bits per heavy atom. The lowest BCUT2D eigenvalue weighted by atomic mass is 10.0. The van der Waals surface area contributed by atoms with Crippen LogP contribution in [-0.2, 0) is 4.79 Å². The SMILES string of the molecule is CC(C)(NC(=O)Nc1ccccc1)C(=O)N[C@H]1CCCNC1. The quantitative estimate of drug-likeness (QED) is 0.679. The van der Waals surface area contributed by atoms with Crippen LogP contribution < -0.4 is 21.3 Å². The molecule has 1 aliphatic rings. The van der Waals surface area contributed by atoms with Crippen LogP contribution >= 0.6 is 0 Å². The lowest BCUT2D eigenvalue weighted by molar-refractivity contribution is -0.126. The molecular weight excluding hydrogens is 280 g/mol. The Labute approximate surface area is 131 Å². The van der Waals surface area contributed by atoms with E-state index in [9.17, 15) is 9.59 Å². The highest BCUT2D eigenvalue weighted by atomic mass is 16.2. The molecule has 1 heterocycles. The molecule has 22 heavy (non-hydrogen) atoms. The van der Waals surface area contributed by atoms with Gasteiger partial charge in [0.2, 0.25) is 5.91 Å². The number of piperidine rings is 1. The minimum absolute atomic E-state index is 0.125. The second kappa shape index (κ2) is 7.26. The van der Waals surface area contributed by atoms with Gasteiger partial charge in [0.1, 0.15) is 5.54 Å². The average molecular weight is 304 g/mol. The molecule has 6 nitrogen and oxygen atoms in total. The number of para-hydroxylation sites is 1. The van der Waals surface area contributed by atoms with Gasteiger partial charge in [-0.25, -0.2) is 4.79 Å². The highest BCUT2D eigenvalue weighted by Gasteiger charge is 2.31. The average Bonchev–Trinajstić information content (AvgIpc) is 2.48. The molecule has 120 valence electrons. The van der Waals surface area contributed by atoms with Gasteiger partial charge in [0, 0.05) is 18.3 Å². The molecule has 1 atom stereocenters. The fraction of sp³-hybridized carbons (Fsp3) is 0.500. The Hall–Kier alpha value is -2.08. The van der Waals surface area contributed by atoms with E-state index in [0.29, 0.717) is 5.69 Å². The van der Waals surface area contributed by atoms with E-state index in [2.05, 4.69) is 21.3 Å². The minimum Gasteiger partial charge on any atom is -0.350 e. The summed E-state index contributed by atoms with van der Waals surface area (Å²) in [5, 5.41) is 11.7. The van der Waals surface area contributed by atoms with Crippen molar-refractivity contribution in [3.8, 4) is 0 Å². The third kappa shape index (κ3) is 4.73. The second-order valence-corrected chi connectivity index (χ2v) is 6.09. The molecule has 2 rings (SSSR count). The third-order valence-electron chi connectivity index (χ3n) is 3.66. The van der Waals surface area contributed by atoms with Crippen molar-refractivity contribution in [2.75, 3.05) is 18.4 Å². The van der Waals surface area contributed by atoms with Gasteiger partial charge < -0.3 is 21.3 Å². The Morgan fingerprint density at radius 3 is 2.59 bits per heavy atom. The minimum atomic E-state index is -0.976. The van der Waals surface area contributed by atoms with Crippen molar-refractivity contribution in [1.29, 1.82) is 0 Å². The van der Waals surface area contributed by atoms with E-state index in [1.54, 1.807) is 26.0 Å². The molecule has 1 saturated heterocycles. The molecule has 0 unspecified atom stereocenters. The maximum atomic E-state index is 12.3. The van der Waals surface area contributed by atoms with Crippen LogP contribution in [0.4, 0.5) is 10.5 Å². The Balaban J connectivity index is 1.85. The maximum absolute atomic E-state index is 12.3. The number of rotatable bonds is 4. The Bertz CT molecular complexity index is 510. The first kappa shape index (κ1) is 16.3. The Morgan fingerprint density at radius 1 is 1.23 bits per heavy atom. The molecule has 0 radical (unpaired) electrons. The van der Waals surface area contributed by atoms with Gasteiger partial charge in [0.15, 0.2) is 0 Å². The fourth-order valence-corrected chi connectivity index (χ4v) is 2.37. The molecular formula is C16H24N4O2. The van der Waals surface area contributed by atoms with Crippen LogP contribution in [0.25, 0.3) is 0 Å². The molecule has 0 saturated carbocycles. The molecule has 0 bridgehead atoms. The number of nitrogens with one attached hydrogen (secondary N) is 4. The van der Waals surface area contributed by atoms with E-state index in [1.807, 2.05) is 18.2 Å². The number of carbonyl (C=O) groups excluding carboxylic acids is 2. The zero-order chi connectivity index (χ0) is 16.0. The molecule has 3 amide bonds. The van der Waals surface area contributed by atoms with E-state index in [1.165, 1.54) is 0 Å². The van der Waals surface area contributed by atoms with Crippen molar-refractivity contribution in [2.24, 2.45) is 0 Å². The molecule has 1 fully saturated rings. The topological polar surface area (TPSA) is 82.3 Å². The number of hydrogen-bond donors (Lipinski definition) is 4. The lowest BCUT2D eigenvalue weighted by Crippen LogP contribution is -2.59. The summed E-state index contributed by atoms with van der Waals surface area (Å²) in [6.45, 7) is 5.16. The summed E-state index contributed by atoms with van der Waals surface area (Å²) in [6, 6.07) is 8.86. The molecule has 1 aromatic carbocycles. The van der Waals surface area contributed by atoms with Gasteiger partial charge in [-0.1, -0.05) is 18.2 Å². The van der Waals surface area contributed by atoms with Crippen molar-refractivity contribution in [1.82, 2.24) is 16.0 Å². The summed E-state index contributed by atoms with van der Waals surface area (Å²) in [6.07, 6.45) is 2.01. The molecule has 0 spiro atoms. The van der Waals surface area contributed by atoms with Crippen LogP contribution in [0.15, 0.2) is 30.3 Å². The van der Waals surface area contributed by atoms with Gasteiger partial charge >= 0.3 is 6.03 Å². The summed E-state index contributed by atoms with van der Waals surface area (Å²) in [5.41, 5.74) is -0.288. The number of urea groups is 1. The third-order valence-corrected chi connectivity index (χ3v) is 3.66. The van der Waals surface area contributed by atoms with Crippen LogP contribution in [0.3, 0.4) is 0 Å². The van der Waals surface area contributed by atoms with Crippen LogP contribution in [-0.4, -0.2) is 36.6 Å². The summed E-state index contributed by atoms with van der Waals surface area (Å²) >= 11 is 0. The molecule has 1 aliphatic heterocycles. The van der Waals surface area contributed by atoms with E-state index in [0.717, 1.165) is 25.9 Å². The highest BCUT2D eigenvalue weighted by molar-refractivity contribution is 5.95. The zero-order valence-electron chi connectivity index (χ0n) is 13.1. The molecule has 1 aromatic rings. The van der Waals surface area contributed by atoms with Crippen molar-refractivity contribution in [2.45, 2.75) is 38.3 Å². The lowest BCUT2D eigenvalue weighted by Gasteiger charge is -2.30.